The third-order valence-corrected chi connectivity index (χ3v) is 3.99. The predicted octanol–water partition coefficient (Wildman–Crippen LogP) is 3.84. The van der Waals surface area contributed by atoms with Gasteiger partial charge in [0.15, 0.2) is 0 Å². The average Bonchev–Trinajstić information content (AvgIpc) is 2.47. The molecule has 0 radical (unpaired) electrons. The van der Waals surface area contributed by atoms with Gasteiger partial charge in [-0.05, 0) is 43.5 Å². The van der Waals surface area contributed by atoms with Crippen LogP contribution in [0.5, 0.6) is 0 Å². The molecule has 0 aliphatic rings. The van der Waals surface area contributed by atoms with Gasteiger partial charge in [0.2, 0.25) is 0 Å². The highest BCUT2D eigenvalue weighted by Gasteiger charge is 2.22. The Hall–Kier alpha value is -2.10. The molecular weight excluding hydrogens is 296 g/mol. The van der Waals surface area contributed by atoms with Gasteiger partial charge in [0, 0.05) is 11.4 Å². The van der Waals surface area contributed by atoms with Crippen LogP contribution in [-0.4, -0.2) is 4.57 Å². The van der Waals surface area contributed by atoms with Crippen LogP contribution in [0.4, 0.5) is 0 Å². The van der Waals surface area contributed by atoms with E-state index >= 15 is 0 Å². The first kappa shape index (κ1) is 14.8. The SMILES string of the molecule is CC(C)(N)c1cc2cccc(Cl)c2c(=O)n1-c1ccccc1. The van der Waals surface area contributed by atoms with Crippen LogP contribution in [0.2, 0.25) is 5.02 Å². The molecule has 112 valence electrons. The number of nitrogens with two attached hydrogens (primary N) is 1. The molecule has 2 N–H and O–H groups in total. The molecule has 1 aromatic heterocycles. The number of para-hydroxylation sites is 1. The molecule has 0 atom stereocenters. The van der Waals surface area contributed by atoms with Gasteiger partial charge < -0.3 is 5.73 Å². The number of rotatable bonds is 2. The first-order chi connectivity index (χ1) is 10.4. The van der Waals surface area contributed by atoms with Gasteiger partial charge in [0.05, 0.1) is 15.9 Å². The van der Waals surface area contributed by atoms with Crippen LogP contribution in [0, 0.1) is 0 Å². The van der Waals surface area contributed by atoms with Gasteiger partial charge in [-0.2, -0.15) is 0 Å². The fraction of sp³-hybridized carbons (Fsp3) is 0.167. The summed E-state index contributed by atoms with van der Waals surface area (Å²) in [5.74, 6) is 0. The zero-order valence-corrected chi connectivity index (χ0v) is 13.3. The third kappa shape index (κ3) is 2.43. The molecule has 4 heteroatoms. The normalized spacial score (nSPS) is 11.8. The number of hydrogen-bond donors (Lipinski definition) is 1. The van der Waals surface area contributed by atoms with E-state index in [1.807, 2.05) is 62.4 Å². The van der Waals surface area contributed by atoms with Crippen molar-refractivity contribution in [2.24, 2.45) is 5.73 Å². The molecule has 0 bridgehead atoms. The lowest BCUT2D eigenvalue weighted by atomic mass is 9.98. The molecule has 0 aliphatic heterocycles. The average molecular weight is 313 g/mol. The van der Waals surface area contributed by atoms with Gasteiger partial charge in [-0.1, -0.05) is 41.9 Å². The molecule has 0 aliphatic carbocycles. The Morgan fingerprint density at radius 2 is 1.73 bits per heavy atom. The zero-order valence-electron chi connectivity index (χ0n) is 12.5. The Morgan fingerprint density at radius 3 is 2.36 bits per heavy atom. The summed E-state index contributed by atoms with van der Waals surface area (Å²) in [5, 5.41) is 1.77. The number of nitrogens with zero attached hydrogens (tertiary/aromatic N) is 1. The Balaban J connectivity index is 2.50. The van der Waals surface area contributed by atoms with Crippen molar-refractivity contribution in [2.45, 2.75) is 19.4 Å². The molecule has 0 spiro atoms. The van der Waals surface area contributed by atoms with Crippen molar-refractivity contribution in [3.05, 3.63) is 75.7 Å². The van der Waals surface area contributed by atoms with E-state index in [1.54, 1.807) is 10.6 Å². The van der Waals surface area contributed by atoms with E-state index in [2.05, 4.69) is 0 Å². The Kier molecular flexibility index (Phi) is 3.55. The monoisotopic (exact) mass is 312 g/mol. The third-order valence-electron chi connectivity index (χ3n) is 3.67. The maximum Gasteiger partial charge on any atom is 0.264 e. The topological polar surface area (TPSA) is 48.0 Å². The summed E-state index contributed by atoms with van der Waals surface area (Å²) in [4.78, 5) is 13.0. The van der Waals surface area contributed by atoms with Gasteiger partial charge in [0.25, 0.3) is 5.56 Å². The van der Waals surface area contributed by atoms with E-state index < -0.39 is 5.54 Å². The van der Waals surface area contributed by atoms with Crippen molar-refractivity contribution in [1.82, 2.24) is 4.57 Å². The molecule has 3 aromatic rings. The van der Waals surface area contributed by atoms with E-state index in [9.17, 15) is 4.79 Å². The van der Waals surface area contributed by atoms with E-state index in [0.717, 1.165) is 16.8 Å². The van der Waals surface area contributed by atoms with E-state index in [4.69, 9.17) is 17.3 Å². The molecule has 0 amide bonds. The number of benzene rings is 2. The van der Waals surface area contributed by atoms with Crippen molar-refractivity contribution in [3.8, 4) is 5.69 Å². The van der Waals surface area contributed by atoms with Crippen molar-refractivity contribution in [1.29, 1.82) is 0 Å². The smallest absolute Gasteiger partial charge is 0.264 e. The summed E-state index contributed by atoms with van der Waals surface area (Å²) in [6.07, 6.45) is 0. The minimum Gasteiger partial charge on any atom is -0.321 e. The highest BCUT2D eigenvalue weighted by molar-refractivity contribution is 6.35. The van der Waals surface area contributed by atoms with Crippen LogP contribution >= 0.6 is 11.6 Å². The second kappa shape index (κ2) is 5.27. The van der Waals surface area contributed by atoms with Crippen molar-refractivity contribution < 1.29 is 0 Å². The molecule has 22 heavy (non-hydrogen) atoms. The quantitative estimate of drug-likeness (QED) is 0.781. The Labute approximate surface area is 133 Å². The molecule has 0 fully saturated rings. The minimum absolute atomic E-state index is 0.150. The zero-order chi connectivity index (χ0) is 15.9. The predicted molar refractivity (Wildman–Crippen MR) is 91.8 cm³/mol. The fourth-order valence-electron chi connectivity index (χ4n) is 2.63. The molecule has 2 aromatic carbocycles. The standard InChI is InChI=1S/C18H17ClN2O/c1-18(2,20)15-11-12-7-6-10-14(19)16(12)17(22)21(15)13-8-4-3-5-9-13/h3-11H,20H2,1-2H3. The van der Waals surface area contributed by atoms with Crippen LogP contribution in [-0.2, 0) is 5.54 Å². The van der Waals surface area contributed by atoms with E-state index in [1.165, 1.54) is 0 Å². The summed E-state index contributed by atoms with van der Waals surface area (Å²) < 4.78 is 1.65. The van der Waals surface area contributed by atoms with Crippen LogP contribution < -0.4 is 11.3 Å². The van der Waals surface area contributed by atoms with Crippen molar-refractivity contribution in [3.63, 3.8) is 0 Å². The fourth-order valence-corrected chi connectivity index (χ4v) is 2.89. The van der Waals surface area contributed by atoms with Crippen LogP contribution in [0.3, 0.4) is 0 Å². The lowest BCUT2D eigenvalue weighted by molar-refractivity contribution is 0.518. The van der Waals surface area contributed by atoms with E-state index in [0.29, 0.717) is 10.4 Å². The van der Waals surface area contributed by atoms with Gasteiger partial charge >= 0.3 is 0 Å². The summed E-state index contributed by atoms with van der Waals surface area (Å²) in [6, 6.07) is 16.9. The minimum atomic E-state index is -0.661. The van der Waals surface area contributed by atoms with Crippen LogP contribution in [0.1, 0.15) is 19.5 Å². The molecule has 0 saturated heterocycles. The number of hydrogen-bond acceptors (Lipinski definition) is 2. The number of fused-ring (bicyclic) bond motifs is 1. The maximum atomic E-state index is 13.0. The lowest BCUT2D eigenvalue weighted by Crippen LogP contribution is -2.36. The van der Waals surface area contributed by atoms with Crippen molar-refractivity contribution in [2.75, 3.05) is 0 Å². The van der Waals surface area contributed by atoms with Gasteiger partial charge in [0.1, 0.15) is 0 Å². The molecule has 0 saturated carbocycles. The maximum absolute atomic E-state index is 13.0. The second-order valence-corrected chi connectivity index (χ2v) is 6.34. The van der Waals surface area contributed by atoms with Crippen LogP contribution in [0.15, 0.2) is 59.4 Å². The lowest BCUT2D eigenvalue weighted by Gasteiger charge is -2.25. The molecule has 3 rings (SSSR count). The number of pyridine rings is 1. The molecular formula is C18H17ClN2O. The first-order valence-corrected chi connectivity index (χ1v) is 7.46. The second-order valence-electron chi connectivity index (χ2n) is 5.93. The van der Waals surface area contributed by atoms with Gasteiger partial charge in [-0.3, -0.25) is 9.36 Å². The molecule has 1 heterocycles. The van der Waals surface area contributed by atoms with Gasteiger partial charge in [-0.15, -0.1) is 0 Å². The van der Waals surface area contributed by atoms with Crippen molar-refractivity contribution >= 4 is 22.4 Å². The number of halogens is 1. The highest BCUT2D eigenvalue weighted by Crippen LogP contribution is 2.26. The van der Waals surface area contributed by atoms with Crippen LogP contribution in [0.25, 0.3) is 16.5 Å². The van der Waals surface area contributed by atoms with Gasteiger partial charge in [-0.25, -0.2) is 0 Å². The Bertz CT molecular complexity index is 893. The summed E-state index contributed by atoms with van der Waals surface area (Å²) >= 11 is 6.24. The first-order valence-electron chi connectivity index (χ1n) is 7.08. The number of aromatic nitrogens is 1. The summed E-state index contributed by atoms with van der Waals surface area (Å²) in [5.41, 5.74) is 7.02. The summed E-state index contributed by atoms with van der Waals surface area (Å²) in [6.45, 7) is 3.77. The highest BCUT2D eigenvalue weighted by atomic mass is 35.5. The Morgan fingerprint density at radius 1 is 1.05 bits per heavy atom. The largest absolute Gasteiger partial charge is 0.321 e. The molecule has 3 nitrogen and oxygen atoms in total. The molecule has 0 unspecified atom stereocenters. The summed E-state index contributed by atoms with van der Waals surface area (Å²) in [7, 11) is 0. The van der Waals surface area contributed by atoms with E-state index in [-0.39, 0.29) is 5.56 Å².